The second-order valence-electron chi connectivity index (χ2n) is 7.31. The van der Waals surface area contributed by atoms with E-state index in [-0.39, 0.29) is 11.5 Å². The average Bonchev–Trinajstić information content (AvgIpc) is 2.77. The first-order chi connectivity index (χ1) is 15.6. The van der Waals surface area contributed by atoms with Crippen LogP contribution in [0, 0.1) is 0 Å². The Kier molecular flexibility index (Phi) is 5.69. The zero-order valence-corrected chi connectivity index (χ0v) is 16.5. The van der Waals surface area contributed by atoms with Crippen LogP contribution in [0.1, 0.15) is 0 Å². The summed E-state index contributed by atoms with van der Waals surface area (Å²) < 4.78 is 15.5. The molecule has 1 fully saturated rings. The van der Waals surface area contributed by atoms with E-state index in [0.29, 0.717) is 5.56 Å². The molecule has 33 heavy (non-hydrogen) atoms. The van der Waals surface area contributed by atoms with Gasteiger partial charge in [-0.3, -0.25) is 4.79 Å². The predicted molar refractivity (Wildman–Crippen MR) is 107 cm³/mol. The molecule has 2 aromatic carbocycles. The molecular formula is C21H18O12. The van der Waals surface area contributed by atoms with Crippen molar-refractivity contribution in [3.05, 3.63) is 46.6 Å². The molecule has 0 aliphatic carbocycles. The first-order valence-corrected chi connectivity index (χ1v) is 9.50. The highest BCUT2D eigenvalue weighted by Crippen LogP contribution is 2.41. The Morgan fingerprint density at radius 3 is 2.21 bits per heavy atom. The van der Waals surface area contributed by atoms with Crippen LogP contribution in [0.3, 0.4) is 0 Å². The number of carbonyl (C=O) groups excluding carboxylic acids is 1. The van der Waals surface area contributed by atoms with Crippen molar-refractivity contribution in [3.63, 3.8) is 0 Å². The lowest BCUT2D eigenvalue weighted by molar-refractivity contribution is -0.279. The molecule has 0 saturated carbocycles. The molecule has 5 unspecified atom stereocenters. The van der Waals surface area contributed by atoms with Crippen molar-refractivity contribution in [2.24, 2.45) is 0 Å². The Morgan fingerprint density at radius 1 is 0.879 bits per heavy atom. The Morgan fingerprint density at radius 2 is 1.55 bits per heavy atom. The van der Waals surface area contributed by atoms with E-state index in [1.165, 1.54) is 24.3 Å². The minimum atomic E-state index is -2.02. The number of hydrogen-bond donors (Lipinski definition) is 7. The summed E-state index contributed by atoms with van der Waals surface area (Å²) in [5.74, 6) is -3.71. The summed E-state index contributed by atoms with van der Waals surface area (Å²) in [5.41, 5.74) is -0.946. The third-order valence-corrected chi connectivity index (χ3v) is 5.09. The number of ether oxygens (including phenoxy) is 2. The van der Waals surface area contributed by atoms with Crippen LogP contribution < -0.4 is 10.2 Å². The highest BCUT2D eigenvalue weighted by atomic mass is 16.7. The summed E-state index contributed by atoms with van der Waals surface area (Å²) >= 11 is 0. The fourth-order valence-corrected chi connectivity index (χ4v) is 3.36. The number of phenolic OH excluding ortho intramolecular Hbond substituents is 3. The summed E-state index contributed by atoms with van der Waals surface area (Å²) in [6, 6.07) is 7.27. The van der Waals surface area contributed by atoms with Gasteiger partial charge < -0.3 is 49.6 Å². The standard InChI is InChI=1S/C21H18O12/c22-8-3-1-7(2-4-8)12-6-10(24)13-9(23)5-11(25)17(18(13)31-12)32-21(30)19-15(27)14(26)16(28)20(29)33-19/h1-6,14-16,19-20,22-23,25-29H. The lowest BCUT2D eigenvalue weighted by Gasteiger charge is -2.36. The van der Waals surface area contributed by atoms with Gasteiger partial charge in [0.15, 0.2) is 29.2 Å². The minimum absolute atomic E-state index is 0.0488. The van der Waals surface area contributed by atoms with Gasteiger partial charge in [0.2, 0.25) is 5.75 Å². The van der Waals surface area contributed by atoms with Crippen LogP contribution in [0.2, 0.25) is 0 Å². The SMILES string of the molecule is O=C(Oc1c(O)cc(O)c2c(=O)cc(-c3ccc(O)cc3)oc12)C1OC(O)C(O)C(O)C1O. The van der Waals surface area contributed by atoms with E-state index in [1.807, 2.05) is 0 Å². The molecule has 1 aliphatic heterocycles. The van der Waals surface area contributed by atoms with Gasteiger partial charge in [0.1, 0.15) is 41.0 Å². The number of carbonyl (C=O) groups is 1. The van der Waals surface area contributed by atoms with Gasteiger partial charge in [0.25, 0.3) is 0 Å². The van der Waals surface area contributed by atoms with Crippen LogP contribution in [0.15, 0.2) is 45.6 Å². The van der Waals surface area contributed by atoms with Crippen molar-refractivity contribution in [3.8, 4) is 34.3 Å². The van der Waals surface area contributed by atoms with Gasteiger partial charge in [-0.15, -0.1) is 0 Å². The van der Waals surface area contributed by atoms with E-state index in [9.17, 15) is 45.3 Å². The molecule has 0 radical (unpaired) electrons. The van der Waals surface area contributed by atoms with Gasteiger partial charge in [0.05, 0.1) is 0 Å². The van der Waals surface area contributed by atoms with Crippen molar-refractivity contribution in [1.29, 1.82) is 0 Å². The molecule has 1 aliphatic rings. The minimum Gasteiger partial charge on any atom is -0.508 e. The number of benzene rings is 2. The number of rotatable bonds is 3. The van der Waals surface area contributed by atoms with Crippen molar-refractivity contribution in [1.82, 2.24) is 0 Å². The number of aromatic hydroxyl groups is 3. The average molecular weight is 462 g/mol. The van der Waals surface area contributed by atoms with Crippen LogP contribution in [0.4, 0.5) is 0 Å². The second-order valence-corrected chi connectivity index (χ2v) is 7.31. The van der Waals surface area contributed by atoms with Gasteiger partial charge in [-0.25, -0.2) is 4.79 Å². The third kappa shape index (κ3) is 3.97. The largest absolute Gasteiger partial charge is 0.508 e. The summed E-state index contributed by atoms with van der Waals surface area (Å²) in [4.78, 5) is 25.2. The smallest absolute Gasteiger partial charge is 0.343 e. The van der Waals surface area contributed by atoms with E-state index >= 15 is 0 Å². The first-order valence-electron chi connectivity index (χ1n) is 9.50. The van der Waals surface area contributed by atoms with Gasteiger partial charge in [0, 0.05) is 17.7 Å². The normalized spacial score (nSPS) is 25.2. The summed E-state index contributed by atoms with van der Waals surface area (Å²) in [6.07, 6.45) is -9.84. The number of fused-ring (bicyclic) bond motifs is 1. The maximum atomic E-state index is 12.6. The predicted octanol–water partition coefficient (Wildman–Crippen LogP) is -0.718. The summed E-state index contributed by atoms with van der Waals surface area (Å²) in [5, 5.41) is 68.4. The lowest BCUT2D eigenvalue weighted by Crippen LogP contribution is -2.60. The fourth-order valence-electron chi connectivity index (χ4n) is 3.36. The molecular weight excluding hydrogens is 444 g/mol. The number of hydrogen-bond acceptors (Lipinski definition) is 12. The Balaban J connectivity index is 1.79. The van der Waals surface area contributed by atoms with Gasteiger partial charge in [-0.1, -0.05) is 0 Å². The topological polar surface area (TPSA) is 207 Å². The van der Waals surface area contributed by atoms with E-state index in [1.54, 1.807) is 0 Å². The number of phenols is 3. The maximum absolute atomic E-state index is 12.6. The summed E-state index contributed by atoms with van der Waals surface area (Å²) in [6.45, 7) is 0. The van der Waals surface area contributed by atoms with Crippen molar-refractivity contribution in [2.45, 2.75) is 30.7 Å². The van der Waals surface area contributed by atoms with Crippen LogP contribution >= 0.6 is 0 Å². The zero-order chi connectivity index (χ0) is 24.0. The third-order valence-electron chi connectivity index (χ3n) is 5.09. The number of aliphatic hydroxyl groups is 4. The molecule has 4 rings (SSSR count). The fraction of sp³-hybridized carbons (Fsp3) is 0.238. The molecule has 3 aromatic rings. The van der Waals surface area contributed by atoms with Crippen molar-refractivity contribution < 1.29 is 54.4 Å². The monoisotopic (exact) mass is 462 g/mol. The molecule has 0 bridgehead atoms. The quantitative estimate of drug-likeness (QED) is 0.190. The van der Waals surface area contributed by atoms with Gasteiger partial charge >= 0.3 is 5.97 Å². The molecule has 0 amide bonds. The molecule has 0 spiro atoms. The van der Waals surface area contributed by atoms with Gasteiger partial charge in [-0.2, -0.15) is 0 Å². The van der Waals surface area contributed by atoms with Crippen LogP contribution in [-0.4, -0.2) is 72.4 Å². The van der Waals surface area contributed by atoms with Crippen LogP contribution in [0.5, 0.6) is 23.0 Å². The molecule has 12 nitrogen and oxygen atoms in total. The molecule has 7 N–H and O–H groups in total. The van der Waals surface area contributed by atoms with Crippen LogP contribution in [-0.2, 0) is 9.53 Å². The molecule has 5 atom stereocenters. The van der Waals surface area contributed by atoms with E-state index < -0.39 is 70.3 Å². The molecule has 2 heterocycles. The van der Waals surface area contributed by atoms with E-state index in [0.717, 1.165) is 12.1 Å². The zero-order valence-electron chi connectivity index (χ0n) is 16.5. The number of aliphatic hydroxyl groups excluding tert-OH is 4. The van der Waals surface area contributed by atoms with Crippen LogP contribution in [0.25, 0.3) is 22.3 Å². The molecule has 12 heteroatoms. The Bertz CT molecular complexity index is 1260. The van der Waals surface area contributed by atoms with Gasteiger partial charge in [-0.05, 0) is 24.3 Å². The molecule has 1 aromatic heterocycles. The molecule has 174 valence electrons. The lowest BCUT2D eigenvalue weighted by atomic mass is 9.99. The van der Waals surface area contributed by atoms with Crippen molar-refractivity contribution >= 4 is 16.9 Å². The van der Waals surface area contributed by atoms with E-state index in [2.05, 4.69) is 0 Å². The highest BCUT2D eigenvalue weighted by molar-refractivity contribution is 5.94. The summed E-state index contributed by atoms with van der Waals surface area (Å²) in [7, 11) is 0. The van der Waals surface area contributed by atoms with Crippen molar-refractivity contribution in [2.75, 3.05) is 0 Å². The molecule has 1 saturated heterocycles. The number of esters is 1. The van der Waals surface area contributed by atoms with E-state index in [4.69, 9.17) is 13.9 Å². The maximum Gasteiger partial charge on any atom is 0.343 e. The second kappa shape index (κ2) is 8.35. The Labute approximate surface area is 183 Å². The highest BCUT2D eigenvalue weighted by Gasteiger charge is 2.47. The Hall–Kier alpha value is -3.68. The first kappa shape index (κ1) is 22.5.